The van der Waals surface area contributed by atoms with Crippen molar-refractivity contribution >= 4 is 29.0 Å². The summed E-state index contributed by atoms with van der Waals surface area (Å²) in [5, 5.41) is 2.42. The first kappa shape index (κ1) is 12.4. The first-order chi connectivity index (χ1) is 7.54. The van der Waals surface area contributed by atoms with Gasteiger partial charge in [0.15, 0.2) is 0 Å². The summed E-state index contributed by atoms with van der Waals surface area (Å²) in [5.41, 5.74) is 5.79. The third-order valence-corrected chi connectivity index (χ3v) is 1.97. The SMILES string of the molecule is CCOC(=O)Nc1ccc(F)c(C(N)=S)c1. The van der Waals surface area contributed by atoms with Crippen molar-refractivity contribution in [2.45, 2.75) is 6.92 Å². The highest BCUT2D eigenvalue weighted by Gasteiger charge is 2.08. The van der Waals surface area contributed by atoms with Crippen LogP contribution in [0.25, 0.3) is 0 Å². The highest BCUT2D eigenvalue weighted by Crippen LogP contribution is 2.14. The van der Waals surface area contributed by atoms with Gasteiger partial charge in [0.1, 0.15) is 10.8 Å². The van der Waals surface area contributed by atoms with E-state index in [1.54, 1.807) is 6.92 Å². The van der Waals surface area contributed by atoms with Gasteiger partial charge in [-0.2, -0.15) is 0 Å². The number of benzene rings is 1. The van der Waals surface area contributed by atoms with Gasteiger partial charge in [0, 0.05) is 11.3 Å². The molecule has 1 rings (SSSR count). The highest BCUT2D eigenvalue weighted by molar-refractivity contribution is 7.80. The number of hydrogen-bond donors (Lipinski definition) is 2. The van der Waals surface area contributed by atoms with Crippen LogP contribution in [-0.2, 0) is 4.74 Å². The third-order valence-electron chi connectivity index (χ3n) is 1.75. The number of amides is 1. The van der Waals surface area contributed by atoms with Crippen LogP contribution in [-0.4, -0.2) is 17.7 Å². The second-order valence-corrected chi connectivity index (χ2v) is 3.34. The van der Waals surface area contributed by atoms with E-state index in [1.807, 2.05) is 0 Å². The predicted octanol–water partition coefficient (Wildman–Crippen LogP) is 2.03. The average Bonchev–Trinajstić information content (AvgIpc) is 2.21. The molecule has 0 unspecified atom stereocenters. The fourth-order valence-electron chi connectivity index (χ4n) is 1.08. The summed E-state index contributed by atoms with van der Waals surface area (Å²) < 4.78 is 17.9. The van der Waals surface area contributed by atoms with Crippen molar-refractivity contribution in [1.82, 2.24) is 0 Å². The Bertz CT molecular complexity index is 423. The lowest BCUT2D eigenvalue weighted by atomic mass is 10.2. The van der Waals surface area contributed by atoms with Crippen molar-refractivity contribution < 1.29 is 13.9 Å². The summed E-state index contributed by atoms with van der Waals surface area (Å²) in [6.07, 6.45) is -0.608. The molecule has 4 nitrogen and oxygen atoms in total. The lowest BCUT2D eigenvalue weighted by Gasteiger charge is -2.07. The van der Waals surface area contributed by atoms with E-state index >= 15 is 0 Å². The van der Waals surface area contributed by atoms with Gasteiger partial charge in [-0.15, -0.1) is 0 Å². The first-order valence-electron chi connectivity index (χ1n) is 4.57. The molecular weight excluding hydrogens is 231 g/mol. The Hall–Kier alpha value is -1.69. The first-order valence-corrected chi connectivity index (χ1v) is 4.98. The van der Waals surface area contributed by atoms with Gasteiger partial charge in [-0.05, 0) is 25.1 Å². The maximum atomic E-state index is 13.2. The molecule has 16 heavy (non-hydrogen) atoms. The van der Waals surface area contributed by atoms with Crippen molar-refractivity contribution in [2.24, 2.45) is 5.73 Å². The topological polar surface area (TPSA) is 64.3 Å². The molecule has 0 atom stereocenters. The molecule has 0 saturated carbocycles. The van der Waals surface area contributed by atoms with Crippen molar-refractivity contribution in [3.63, 3.8) is 0 Å². The largest absolute Gasteiger partial charge is 0.450 e. The lowest BCUT2D eigenvalue weighted by Crippen LogP contribution is -2.15. The average molecular weight is 242 g/mol. The van der Waals surface area contributed by atoms with E-state index in [1.165, 1.54) is 18.2 Å². The van der Waals surface area contributed by atoms with Gasteiger partial charge in [-0.1, -0.05) is 12.2 Å². The Morgan fingerprint density at radius 1 is 1.62 bits per heavy atom. The molecule has 1 aromatic rings. The van der Waals surface area contributed by atoms with Crippen LogP contribution < -0.4 is 11.1 Å². The molecule has 6 heteroatoms. The molecule has 0 saturated heterocycles. The van der Waals surface area contributed by atoms with Crippen molar-refractivity contribution in [2.75, 3.05) is 11.9 Å². The van der Waals surface area contributed by atoms with Crippen LogP contribution in [0.2, 0.25) is 0 Å². The van der Waals surface area contributed by atoms with Gasteiger partial charge in [-0.25, -0.2) is 9.18 Å². The van der Waals surface area contributed by atoms with Crippen LogP contribution in [0.4, 0.5) is 14.9 Å². The highest BCUT2D eigenvalue weighted by atomic mass is 32.1. The van der Waals surface area contributed by atoms with Crippen molar-refractivity contribution in [1.29, 1.82) is 0 Å². The normalized spacial score (nSPS) is 9.62. The summed E-state index contributed by atoms with van der Waals surface area (Å²) in [6.45, 7) is 1.94. The summed E-state index contributed by atoms with van der Waals surface area (Å²) in [6, 6.07) is 3.93. The molecule has 86 valence electrons. The zero-order valence-corrected chi connectivity index (χ0v) is 9.44. The molecule has 0 aliphatic carbocycles. The fraction of sp³-hybridized carbons (Fsp3) is 0.200. The predicted molar refractivity (Wildman–Crippen MR) is 62.9 cm³/mol. The second-order valence-electron chi connectivity index (χ2n) is 2.90. The van der Waals surface area contributed by atoms with E-state index < -0.39 is 11.9 Å². The number of anilines is 1. The molecule has 0 bridgehead atoms. The Balaban J connectivity index is 2.87. The quantitative estimate of drug-likeness (QED) is 0.796. The van der Waals surface area contributed by atoms with Gasteiger partial charge in [0.2, 0.25) is 0 Å². The summed E-state index contributed by atoms with van der Waals surface area (Å²) in [4.78, 5) is 11.0. The minimum Gasteiger partial charge on any atom is -0.450 e. The summed E-state index contributed by atoms with van der Waals surface area (Å²) >= 11 is 4.67. The molecule has 1 amide bonds. The van der Waals surface area contributed by atoms with Crippen LogP contribution >= 0.6 is 12.2 Å². The molecule has 0 heterocycles. The Labute approximate surface area is 97.6 Å². The molecular formula is C10H11FN2O2S. The standard InChI is InChI=1S/C10H11FN2O2S/c1-2-15-10(14)13-6-3-4-8(11)7(5-6)9(12)16/h3-5H,2H2,1H3,(H2,12,16)(H,13,14). The van der Waals surface area contributed by atoms with E-state index in [9.17, 15) is 9.18 Å². The van der Waals surface area contributed by atoms with E-state index in [2.05, 4.69) is 22.3 Å². The molecule has 0 aromatic heterocycles. The fourth-order valence-corrected chi connectivity index (χ4v) is 1.23. The molecule has 1 aromatic carbocycles. The molecule has 0 radical (unpaired) electrons. The Kier molecular flexibility index (Phi) is 4.19. The Morgan fingerprint density at radius 2 is 2.31 bits per heavy atom. The minimum atomic E-state index is -0.608. The number of carbonyl (C=O) groups is 1. The number of nitrogens with two attached hydrogens (primary N) is 1. The maximum Gasteiger partial charge on any atom is 0.411 e. The number of ether oxygens (including phenoxy) is 1. The molecule has 0 aliphatic rings. The zero-order valence-electron chi connectivity index (χ0n) is 8.62. The van der Waals surface area contributed by atoms with Crippen LogP contribution in [0, 0.1) is 5.82 Å². The second kappa shape index (κ2) is 5.41. The van der Waals surface area contributed by atoms with Gasteiger partial charge in [-0.3, -0.25) is 5.32 Å². The van der Waals surface area contributed by atoms with Crippen LogP contribution in [0.5, 0.6) is 0 Å². The van der Waals surface area contributed by atoms with Gasteiger partial charge < -0.3 is 10.5 Å². The van der Waals surface area contributed by atoms with Gasteiger partial charge in [0.05, 0.1) is 6.61 Å². The number of hydrogen-bond acceptors (Lipinski definition) is 3. The lowest BCUT2D eigenvalue weighted by molar-refractivity contribution is 0.168. The van der Waals surface area contributed by atoms with Crippen molar-refractivity contribution in [3.05, 3.63) is 29.6 Å². The molecule has 0 fully saturated rings. The van der Waals surface area contributed by atoms with Crippen molar-refractivity contribution in [3.8, 4) is 0 Å². The van der Waals surface area contributed by atoms with Crippen LogP contribution in [0.15, 0.2) is 18.2 Å². The minimum absolute atomic E-state index is 0.0648. The maximum absolute atomic E-state index is 13.2. The monoisotopic (exact) mass is 242 g/mol. The summed E-state index contributed by atoms with van der Waals surface area (Å²) in [7, 11) is 0. The molecule has 3 N–H and O–H groups in total. The van der Waals surface area contributed by atoms with E-state index in [0.717, 1.165) is 0 Å². The third kappa shape index (κ3) is 3.16. The molecule has 0 spiro atoms. The zero-order chi connectivity index (χ0) is 12.1. The van der Waals surface area contributed by atoms with E-state index in [0.29, 0.717) is 5.69 Å². The van der Waals surface area contributed by atoms with Gasteiger partial charge in [0.25, 0.3) is 0 Å². The number of thiocarbonyl (C=S) groups is 1. The van der Waals surface area contributed by atoms with Crippen LogP contribution in [0.3, 0.4) is 0 Å². The van der Waals surface area contributed by atoms with Gasteiger partial charge >= 0.3 is 6.09 Å². The number of carbonyl (C=O) groups excluding carboxylic acids is 1. The van der Waals surface area contributed by atoms with E-state index in [4.69, 9.17) is 5.73 Å². The van der Waals surface area contributed by atoms with Crippen LogP contribution in [0.1, 0.15) is 12.5 Å². The summed E-state index contributed by atoms with van der Waals surface area (Å²) in [5.74, 6) is -0.526. The number of nitrogens with one attached hydrogen (secondary N) is 1. The molecule has 0 aliphatic heterocycles. The van der Waals surface area contributed by atoms with E-state index in [-0.39, 0.29) is 17.2 Å². The Morgan fingerprint density at radius 3 is 2.88 bits per heavy atom. The number of rotatable bonds is 3. The number of halogens is 1. The smallest absolute Gasteiger partial charge is 0.411 e.